The van der Waals surface area contributed by atoms with Gasteiger partial charge in [-0.2, -0.15) is 0 Å². The molecule has 1 aromatic rings. The number of carbonyl (C=O) groups excluding carboxylic acids is 1. The van der Waals surface area contributed by atoms with E-state index in [0.29, 0.717) is 5.57 Å². The van der Waals surface area contributed by atoms with E-state index in [1.807, 2.05) is 6.20 Å². The number of hydrogen-bond donors (Lipinski definition) is 1. The monoisotopic (exact) mass is 247 g/mol. The van der Waals surface area contributed by atoms with Crippen molar-refractivity contribution < 1.29 is 9.53 Å². The number of carbonyl (C=O) groups is 1. The van der Waals surface area contributed by atoms with Gasteiger partial charge in [0.15, 0.2) is 0 Å². The lowest BCUT2D eigenvalue weighted by atomic mass is 9.81. The molecule has 2 atom stereocenters. The number of aromatic nitrogens is 2. The molecule has 3 rings (SSSR count). The third-order valence-electron chi connectivity index (χ3n) is 3.93. The third kappa shape index (κ3) is 1.39. The van der Waals surface area contributed by atoms with Gasteiger partial charge in [-0.3, -0.25) is 0 Å². The molecule has 18 heavy (non-hydrogen) atoms. The zero-order valence-corrected chi connectivity index (χ0v) is 10.8. The Morgan fingerprint density at radius 1 is 1.61 bits per heavy atom. The number of nitrogens with one attached hydrogen (secondary N) is 1. The van der Waals surface area contributed by atoms with Crippen molar-refractivity contribution in [1.29, 1.82) is 0 Å². The fourth-order valence-electron chi connectivity index (χ4n) is 3.09. The molecule has 2 unspecified atom stereocenters. The minimum Gasteiger partial charge on any atom is -0.466 e. The molecule has 96 valence electrons. The first-order valence-electron chi connectivity index (χ1n) is 6.13. The van der Waals surface area contributed by atoms with Crippen molar-refractivity contribution in [1.82, 2.24) is 14.9 Å². The summed E-state index contributed by atoms with van der Waals surface area (Å²) in [7, 11) is 1.41. The van der Waals surface area contributed by atoms with Gasteiger partial charge in [0, 0.05) is 30.2 Å². The van der Waals surface area contributed by atoms with Crippen LogP contribution in [0.5, 0.6) is 0 Å². The molecule has 1 aromatic heterocycles. The Bertz CT molecular complexity index is 530. The predicted molar refractivity (Wildman–Crippen MR) is 65.9 cm³/mol. The Labute approximate surface area is 106 Å². The van der Waals surface area contributed by atoms with Gasteiger partial charge < -0.3 is 14.6 Å². The minimum absolute atomic E-state index is 0.000440. The normalized spacial score (nSPS) is 27.8. The van der Waals surface area contributed by atoms with Crippen LogP contribution >= 0.6 is 0 Å². The summed E-state index contributed by atoms with van der Waals surface area (Å²) in [6.45, 7) is 4.37. The van der Waals surface area contributed by atoms with Crippen molar-refractivity contribution in [3.63, 3.8) is 0 Å². The Balaban J connectivity index is 2.06. The highest BCUT2D eigenvalue weighted by molar-refractivity contribution is 5.90. The molecule has 5 nitrogen and oxygen atoms in total. The Morgan fingerprint density at radius 2 is 2.39 bits per heavy atom. The van der Waals surface area contributed by atoms with Gasteiger partial charge in [-0.25, -0.2) is 9.78 Å². The number of methoxy groups -OCH3 is 1. The van der Waals surface area contributed by atoms with Crippen molar-refractivity contribution in [3.8, 4) is 0 Å². The molecule has 2 aliphatic rings. The van der Waals surface area contributed by atoms with Gasteiger partial charge in [-0.1, -0.05) is 0 Å². The van der Waals surface area contributed by atoms with Crippen LogP contribution in [0.15, 0.2) is 24.2 Å². The highest BCUT2D eigenvalue weighted by Gasteiger charge is 2.45. The fourth-order valence-corrected chi connectivity index (χ4v) is 3.09. The summed E-state index contributed by atoms with van der Waals surface area (Å²) in [4.78, 5) is 16.2. The smallest absolute Gasteiger partial charge is 0.336 e. The molecule has 2 aliphatic heterocycles. The summed E-state index contributed by atoms with van der Waals surface area (Å²) in [6.07, 6.45) is 6.52. The average molecular weight is 247 g/mol. The molecule has 0 amide bonds. The minimum atomic E-state index is -0.274. The molecule has 0 spiro atoms. The van der Waals surface area contributed by atoms with Crippen LogP contribution < -0.4 is 5.32 Å². The van der Waals surface area contributed by atoms with E-state index in [1.54, 1.807) is 12.4 Å². The number of nitrogens with zero attached hydrogens (tertiary/aromatic N) is 2. The van der Waals surface area contributed by atoms with Crippen LogP contribution in [0.2, 0.25) is 0 Å². The molecular weight excluding hydrogens is 230 g/mol. The summed E-state index contributed by atoms with van der Waals surface area (Å²) < 4.78 is 7.01. The number of imidazole rings is 1. The van der Waals surface area contributed by atoms with Crippen molar-refractivity contribution in [2.45, 2.75) is 37.8 Å². The molecule has 3 heterocycles. The molecule has 5 heteroatoms. The van der Waals surface area contributed by atoms with Crippen LogP contribution in [0, 0.1) is 0 Å². The lowest BCUT2D eigenvalue weighted by Crippen LogP contribution is -2.44. The molecule has 0 saturated carbocycles. The second-order valence-corrected chi connectivity index (χ2v) is 5.51. The zero-order chi connectivity index (χ0) is 12.9. The molecule has 0 fully saturated rings. The largest absolute Gasteiger partial charge is 0.466 e. The van der Waals surface area contributed by atoms with Crippen LogP contribution in [-0.4, -0.2) is 28.7 Å². The van der Waals surface area contributed by atoms with Crippen LogP contribution in [0.3, 0.4) is 0 Å². The lowest BCUT2D eigenvalue weighted by molar-refractivity contribution is -0.136. The number of esters is 1. The van der Waals surface area contributed by atoms with E-state index in [4.69, 9.17) is 4.74 Å². The molecule has 0 bridgehead atoms. The van der Waals surface area contributed by atoms with Crippen LogP contribution in [0.25, 0.3) is 0 Å². The lowest BCUT2D eigenvalue weighted by Gasteiger charge is -2.39. The van der Waals surface area contributed by atoms with Gasteiger partial charge in [0.25, 0.3) is 0 Å². The Kier molecular flexibility index (Phi) is 2.27. The van der Waals surface area contributed by atoms with Crippen molar-refractivity contribution in [3.05, 3.63) is 30.0 Å². The van der Waals surface area contributed by atoms with E-state index in [1.165, 1.54) is 7.11 Å². The number of ether oxygens (including phenoxy) is 1. The summed E-state index contributed by atoms with van der Waals surface area (Å²) in [5.41, 5.74) is 0.685. The molecule has 0 aliphatic carbocycles. The Morgan fingerprint density at radius 3 is 3.11 bits per heavy atom. The van der Waals surface area contributed by atoms with Gasteiger partial charge in [0.05, 0.1) is 18.6 Å². The summed E-state index contributed by atoms with van der Waals surface area (Å²) in [5.74, 6) is 0.669. The van der Waals surface area contributed by atoms with E-state index >= 15 is 0 Å². The van der Waals surface area contributed by atoms with Gasteiger partial charge in [-0.15, -0.1) is 0 Å². The van der Waals surface area contributed by atoms with Gasteiger partial charge in [0.1, 0.15) is 5.82 Å². The maximum Gasteiger partial charge on any atom is 0.336 e. The summed E-state index contributed by atoms with van der Waals surface area (Å²) in [5, 5.41) is 3.29. The Hall–Kier alpha value is -1.78. The molecule has 0 aromatic carbocycles. The number of fused-ring (bicyclic) bond motifs is 3. The second kappa shape index (κ2) is 3.60. The average Bonchev–Trinajstić information content (AvgIpc) is 2.92. The van der Waals surface area contributed by atoms with Gasteiger partial charge >= 0.3 is 5.97 Å². The quantitative estimate of drug-likeness (QED) is 0.756. The highest BCUT2D eigenvalue weighted by atomic mass is 16.5. The first-order chi connectivity index (χ1) is 8.54. The zero-order valence-electron chi connectivity index (χ0n) is 10.8. The first-order valence-corrected chi connectivity index (χ1v) is 6.13. The maximum absolute atomic E-state index is 11.8. The van der Waals surface area contributed by atoms with Crippen LogP contribution in [0.4, 0.5) is 0 Å². The fraction of sp³-hybridized carbons (Fsp3) is 0.538. The molecule has 0 radical (unpaired) electrons. The topological polar surface area (TPSA) is 56.1 Å². The van der Waals surface area contributed by atoms with Crippen LogP contribution in [-0.2, 0) is 15.1 Å². The van der Waals surface area contributed by atoms with Crippen molar-refractivity contribution in [2.24, 2.45) is 0 Å². The standard InChI is InChI=1S/C13H17N3O2/c1-13(2)6-9-10(11-14-4-5-16(11)13)8(7-15-9)12(17)18-3/h4-5,7,9-10,15H,6H2,1-3H3. The van der Waals surface area contributed by atoms with Crippen molar-refractivity contribution in [2.75, 3.05) is 7.11 Å². The number of rotatable bonds is 1. The summed E-state index contributed by atoms with van der Waals surface area (Å²) >= 11 is 0. The van der Waals surface area contributed by atoms with E-state index < -0.39 is 0 Å². The van der Waals surface area contributed by atoms with E-state index in [9.17, 15) is 4.79 Å². The second-order valence-electron chi connectivity index (χ2n) is 5.51. The first kappa shape index (κ1) is 11.3. The van der Waals surface area contributed by atoms with Crippen molar-refractivity contribution >= 4 is 5.97 Å². The molecule has 0 saturated heterocycles. The van der Waals surface area contributed by atoms with Gasteiger partial charge in [-0.05, 0) is 20.3 Å². The maximum atomic E-state index is 11.8. The SMILES string of the molecule is COC(=O)C1=CNC2CC(C)(C)n3ccnc3C12. The highest BCUT2D eigenvalue weighted by Crippen LogP contribution is 2.42. The predicted octanol–water partition coefficient (Wildman–Crippen LogP) is 1.13. The molecular formula is C13H17N3O2. The number of hydrogen-bond acceptors (Lipinski definition) is 4. The third-order valence-corrected chi connectivity index (χ3v) is 3.93. The van der Waals surface area contributed by atoms with Crippen LogP contribution in [0.1, 0.15) is 32.0 Å². The molecule has 1 N–H and O–H groups in total. The van der Waals surface area contributed by atoms with E-state index in [-0.39, 0.29) is 23.5 Å². The summed E-state index contributed by atoms with van der Waals surface area (Å²) in [6, 6.07) is 0.226. The van der Waals surface area contributed by atoms with E-state index in [0.717, 1.165) is 12.2 Å². The van der Waals surface area contributed by atoms with Gasteiger partial charge in [0.2, 0.25) is 0 Å². The van der Waals surface area contributed by atoms with E-state index in [2.05, 4.69) is 28.7 Å².